The highest BCUT2D eigenvalue weighted by Gasteiger charge is 2.09. The Kier molecular flexibility index (Phi) is 2.05. The molecule has 2 N–H and O–H groups in total. The number of rotatable bonds is 2. The van der Waals surface area contributed by atoms with Crippen LogP contribution in [0.15, 0.2) is 27.5 Å². The lowest BCUT2D eigenvalue weighted by molar-refractivity contribution is 0.523. The van der Waals surface area contributed by atoms with Crippen molar-refractivity contribution in [1.82, 2.24) is 9.55 Å². The van der Waals surface area contributed by atoms with Crippen molar-refractivity contribution in [3.05, 3.63) is 28.9 Å². The zero-order valence-corrected chi connectivity index (χ0v) is 7.95. The molecule has 14 heavy (non-hydrogen) atoms. The van der Waals surface area contributed by atoms with E-state index in [1.165, 1.54) is 4.57 Å². The van der Waals surface area contributed by atoms with Crippen molar-refractivity contribution in [2.24, 2.45) is 5.73 Å². The van der Waals surface area contributed by atoms with Crippen molar-refractivity contribution in [1.29, 1.82) is 0 Å². The van der Waals surface area contributed by atoms with Crippen molar-refractivity contribution >= 4 is 28.4 Å². The molecule has 6 heteroatoms. The minimum atomic E-state index is -0.494. The van der Waals surface area contributed by atoms with E-state index in [1.807, 2.05) is 0 Å². The van der Waals surface area contributed by atoms with Gasteiger partial charge in [0.05, 0.1) is 11.5 Å². The van der Waals surface area contributed by atoms with Gasteiger partial charge in [0.25, 0.3) is 0 Å². The molecular formula is C8H7N3O2S. The Bertz CT molecular complexity index is 543. The molecule has 0 saturated heterocycles. The smallest absolute Gasteiger partial charge is 0.406 e. The maximum atomic E-state index is 11.3. The van der Waals surface area contributed by atoms with Crippen LogP contribution >= 0.6 is 12.2 Å². The van der Waals surface area contributed by atoms with Gasteiger partial charge in [-0.3, -0.25) is 4.57 Å². The topological polar surface area (TPSA) is 74.0 Å². The van der Waals surface area contributed by atoms with Gasteiger partial charge >= 0.3 is 5.76 Å². The van der Waals surface area contributed by atoms with E-state index in [0.717, 1.165) is 0 Å². The van der Waals surface area contributed by atoms with E-state index >= 15 is 0 Å². The van der Waals surface area contributed by atoms with Gasteiger partial charge in [-0.05, 0) is 12.1 Å². The molecule has 0 fully saturated rings. The summed E-state index contributed by atoms with van der Waals surface area (Å²) in [5.41, 5.74) is 6.25. The summed E-state index contributed by atoms with van der Waals surface area (Å²) in [6, 6.07) is 3.36. The molecule has 0 atom stereocenters. The van der Waals surface area contributed by atoms with Crippen LogP contribution in [-0.2, 0) is 6.54 Å². The van der Waals surface area contributed by atoms with Crippen LogP contribution in [0.5, 0.6) is 0 Å². The van der Waals surface area contributed by atoms with E-state index in [1.54, 1.807) is 18.3 Å². The first kappa shape index (κ1) is 8.89. The molecule has 0 unspecified atom stereocenters. The second kappa shape index (κ2) is 3.22. The van der Waals surface area contributed by atoms with Gasteiger partial charge in [-0.25, -0.2) is 9.78 Å². The molecule has 0 radical (unpaired) electrons. The molecule has 2 aromatic rings. The lowest BCUT2D eigenvalue weighted by Crippen LogP contribution is -2.23. The molecule has 2 rings (SSSR count). The number of pyridine rings is 1. The van der Waals surface area contributed by atoms with Crippen molar-refractivity contribution in [3.63, 3.8) is 0 Å². The van der Waals surface area contributed by atoms with Gasteiger partial charge in [0.15, 0.2) is 11.2 Å². The van der Waals surface area contributed by atoms with Crippen LogP contribution in [0.3, 0.4) is 0 Å². The summed E-state index contributed by atoms with van der Waals surface area (Å²) >= 11 is 4.71. The van der Waals surface area contributed by atoms with Crippen molar-refractivity contribution in [2.75, 3.05) is 0 Å². The second-order valence-electron chi connectivity index (χ2n) is 2.75. The number of oxazole rings is 1. The van der Waals surface area contributed by atoms with E-state index in [2.05, 4.69) is 4.98 Å². The van der Waals surface area contributed by atoms with Crippen LogP contribution in [0.2, 0.25) is 0 Å². The average molecular weight is 209 g/mol. The Morgan fingerprint density at radius 2 is 2.50 bits per heavy atom. The molecule has 2 heterocycles. The molecule has 0 amide bonds. The Morgan fingerprint density at radius 1 is 1.71 bits per heavy atom. The van der Waals surface area contributed by atoms with Crippen molar-refractivity contribution in [3.8, 4) is 0 Å². The number of fused-ring (bicyclic) bond motifs is 1. The molecule has 0 aliphatic carbocycles. The minimum Gasteiger partial charge on any atom is -0.406 e. The molecule has 0 bridgehead atoms. The normalized spacial score (nSPS) is 10.6. The molecule has 5 nitrogen and oxygen atoms in total. The average Bonchev–Trinajstić information content (AvgIpc) is 2.43. The lowest BCUT2D eigenvalue weighted by Gasteiger charge is -1.97. The molecule has 72 valence electrons. The fraction of sp³-hybridized carbons (Fsp3) is 0.125. The van der Waals surface area contributed by atoms with Crippen molar-refractivity contribution in [2.45, 2.75) is 6.54 Å². The predicted octanol–water partition coefficient (Wildman–Crippen LogP) is 0.276. The first-order valence-electron chi connectivity index (χ1n) is 3.91. The summed E-state index contributed by atoms with van der Waals surface area (Å²) in [6.07, 6.45) is 1.58. The van der Waals surface area contributed by atoms with Gasteiger partial charge in [-0.2, -0.15) is 0 Å². The van der Waals surface area contributed by atoms with Crippen LogP contribution in [0.1, 0.15) is 0 Å². The van der Waals surface area contributed by atoms with E-state index in [-0.39, 0.29) is 11.5 Å². The molecule has 0 spiro atoms. The second-order valence-corrected chi connectivity index (χ2v) is 3.27. The molecular weight excluding hydrogens is 202 g/mol. The van der Waals surface area contributed by atoms with Gasteiger partial charge in [0.2, 0.25) is 0 Å². The van der Waals surface area contributed by atoms with Crippen molar-refractivity contribution < 1.29 is 4.42 Å². The highest BCUT2D eigenvalue weighted by atomic mass is 32.1. The summed E-state index contributed by atoms with van der Waals surface area (Å²) in [6.45, 7) is 0.151. The first-order valence-corrected chi connectivity index (χ1v) is 4.32. The van der Waals surface area contributed by atoms with E-state index in [4.69, 9.17) is 22.4 Å². The number of nitrogens with zero attached hydrogens (tertiary/aromatic N) is 2. The van der Waals surface area contributed by atoms with Gasteiger partial charge in [-0.15, -0.1) is 0 Å². The number of aromatic nitrogens is 2. The Morgan fingerprint density at radius 3 is 3.21 bits per heavy atom. The van der Waals surface area contributed by atoms with Gasteiger partial charge in [0.1, 0.15) is 0 Å². The molecule has 0 saturated carbocycles. The third kappa shape index (κ3) is 1.39. The largest absolute Gasteiger partial charge is 0.421 e. The third-order valence-corrected chi connectivity index (χ3v) is 1.87. The fourth-order valence-electron chi connectivity index (χ4n) is 1.20. The molecule has 0 aliphatic heterocycles. The number of nitrogens with two attached hydrogens (primary N) is 1. The Hall–Kier alpha value is -1.69. The van der Waals surface area contributed by atoms with Gasteiger partial charge < -0.3 is 10.2 Å². The summed E-state index contributed by atoms with van der Waals surface area (Å²) in [5, 5.41) is 0. The van der Waals surface area contributed by atoms with Crippen LogP contribution in [0, 0.1) is 0 Å². The summed E-state index contributed by atoms with van der Waals surface area (Å²) in [7, 11) is 0. The van der Waals surface area contributed by atoms with Crippen LogP contribution in [0.4, 0.5) is 0 Å². The number of hydrogen-bond donors (Lipinski definition) is 1. The van der Waals surface area contributed by atoms with E-state index in [9.17, 15) is 4.79 Å². The Labute approximate surface area is 84.1 Å². The standard InChI is InChI=1S/C8H7N3O2S/c9-6(14)4-11-7-5(13-8(11)12)2-1-3-10-7/h1-3H,4H2,(H2,9,14). The number of thiocarbonyl (C=S) groups is 1. The van der Waals surface area contributed by atoms with Crippen LogP contribution in [0.25, 0.3) is 11.2 Å². The monoisotopic (exact) mass is 209 g/mol. The fourth-order valence-corrected chi connectivity index (χ4v) is 1.32. The third-order valence-electron chi connectivity index (χ3n) is 1.74. The minimum absolute atomic E-state index is 0.151. The zero-order valence-electron chi connectivity index (χ0n) is 7.14. The van der Waals surface area contributed by atoms with E-state index in [0.29, 0.717) is 11.2 Å². The highest BCUT2D eigenvalue weighted by molar-refractivity contribution is 7.80. The maximum absolute atomic E-state index is 11.3. The van der Waals surface area contributed by atoms with E-state index < -0.39 is 5.76 Å². The highest BCUT2D eigenvalue weighted by Crippen LogP contribution is 2.07. The summed E-state index contributed by atoms with van der Waals surface area (Å²) in [4.78, 5) is 15.5. The van der Waals surface area contributed by atoms with Gasteiger partial charge in [-0.1, -0.05) is 12.2 Å². The van der Waals surface area contributed by atoms with Gasteiger partial charge in [0, 0.05) is 6.20 Å². The number of hydrogen-bond acceptors (Lipinski definition) is 4. The predicted molar refractivity (Wildman–Crippen MR) is 55.1 cm³/mol. The van der Waals surface area contributed by atoms with Crippen LogP contribution < -0.4 is 11.5 Å². The SMILES string of the molecule is NC(=S)Cn1c(=O)oc2cccnc21. The molecule has 2 aromatic heterocycles. The maximum Gasteiger partial charge on any atom is 0.421 e. The molecule has 0 aromatic carbocycles. The van der Waals surface area contributed by atoms with Crippen LogP contribution in [-0.4, -0.2) is 14.5 Å². The first-order chi connectivity index (χ1) is 6.68. The summed E-state index contributed by atoms with van der Waals surface area (Å²) < 4.78 is 6.23. The lowest BCUT2D eigenvalue weighted by atomic mass is 10.4. The summed E-state index contributed by atoms with van der Waals surface area (Å²) in [5.74, 6) is -0.494. The zero-order chi connectivity index (χ0) is 10.1. The Balaban J connectivity index is 2.68. The quantitative estimate of drug-likeness (QED) is 0.719. The molecule has 0 aliphatic rings.